The summed E-state index contributed by atoms with van der Waals surface area (Å²) in [7, 11) is 0. The molecule has 1 heterocycles. The number of aromatic nitrogens is 2. The quantitative estimate of drug-likeness (QED) is 0.869. The molecule has 1 aromatic heterocycles. The van der Waals surface area contributed by atoms with Crippen LogP contribution in [0.5, 0.6) is 0 Å². The van der Waals surface area contributed by atoms with Crippen LogP contribution in [0.4, 0.5) is 18.9 Å². The third kappa shape index (κ3) is 4.44. The number of halogens is 3. The lowest BCUT2D eigenvalue weighted by atomic mass is 10.3. The van der Waals surface area contributed by atoms with Crippen molar-refractivity contribution in [2.24, 2.45) is 0 Å². The van der Waals surface area contributed by atoms with E-state index in [1.165, 1.54) is 12.4 Å². The van der Waals surface area contributed by atoms with Crippen LogP contribution in [0, 0.1) is 0 Å². The molecule has 1 N–H and O–H groups in total. The van der Waals surface area contributed by atoms with Gasteiger partial charge in [0, 0.05) is 35.1 Å². The average molecular weight is 285 g/mol. The molecule has 0 fully saturated rings. The molecule has 2 rings (SSSR count). The highest BCUT2D eigenvalue weighted by molar-refractivity contribution is 8.00. The van der Waals surface area contributed by atoms with Crippen LogP contribution in [0.2, 0.25) is 0 Å². The normalized spacial score (nSPS) is 11.3. The second-order valence-electron chi connectivity index (χ2n) is 3.64. The number of para-hydroxylation sites is 1. The van der Waals surface area contributed by atoms with E-state index in [-0.39, 0.29) is 16.7 Å². The van der Waals surface area contributed by atoms with Gasteiger partial charge >= 0.3 is 5.51 Å². The number of nitrogens with one attached hydrogen (secondary N) is 1. The Morgan fingerprint density at radius 2 is 1.79 bits per heavy atom. The number of alkyl halides is 3. The van der Waals surface area contributed by atoms with Gasteiger partial charge in [0.2, 0.25) is 0 Å². The van der Waals surface area contributed by atoms with Crippen molar-refractivity contribution in [3.63, 3.8) is 0 Å². The third-order valence-corrected chi connectivity index (χ3v) is 3.02. The number of rotatable bonds is 4. The first-order chi connectivity index (χ1) is 9.04. The van der Waals surface area contributed by atoms with Crippen LogP contribution in [0.25, 0.3) is 0 Å². The summed E-state index contributed by atoms with van der Waals surface area (Å²) in [6.45, 7) is 0.371. The maximum absolute atomic E-state index is 12.4. The summed E-state index contributed by atoms with van der Waals surface area (Å²) in [6, 6.07) is 6.30. The van der Waals surface area contributed by atoms with E-state index in [4.69, 9.17) is 0 Å². The van der Waals surface area contributed by atoms with Gasteiger partial charge < -0.3 is 5.32 Å². The number of hydrogen-bond acceptors (Lipinski definition) is 4. The van der Waals surface area contributed by atoms with Crippen LogP contribution in [0.1, 0.15) is 5.56 Å². The maximum Gasteiger partial charge on any atom is 0.446 e. The minimum atomic E-state index is -4.30. The van der Waals surface area contributed by atoms with Gasteiger partial charge in [-0.3, -0.25) is 0 Å². The highest BCUT2D eigenvalue weighted by Crippen LogP contribution is 2.40. The van der Waals surface area contributed by atoms with Gasteiger partial charge in [-0.15, -0.1) is 0 Å². The van der Waals surface area contributed by atoms with Crippen molar-refractivity contribution in [3.05, 3.63) is 48.5 Å². The van der Waals surface area contributed by atoms with Crippen LogP contribution in [-0.4, -0.2) is 15.5 Å². The van der Waals surface area contributed by atoms with Crippen molar-refractivity contribution in [2.75, 3.05) is 5.32 Å². The average Bonchev–Trinajstić information content (AvgIpc) is 2.37. The highest BCUT2D eigenvalue weighted by atomic mass is 32.2. The van der Waals surface area contributed by atoms with Gasteiger partial charge in [-0.25, -0.2) is 9.97 Å². The second kappa shape index (κ2) is 5.92. The monoisotopic (exact) mass is 285 g/mol. The molecule has 0 aliphatic heterocycles. The molecule has 0 bridgehead atoms. The third-order valence-electron chi connectivity index (χ3n) is 2.21. The van der Waals surface area contributed by atoms with Gasteiger partial charge in [0.05, 0.1) is 0 Å². The summed E-state index contributed by atoms with van der Waals surface area (Å²) >= 11 is -0.131. The molecular weight excluding hydrogens is 275 g/mol. The summed E-state index contributed by atoms with van der Waals surface area (Å²) in [6.07, 6.45) is 4.62. The molecule has 19 heavy (non-hydrogen) atoms. The lowest BCUT2D eigenvalue weighted by molar-refractivity contribution is -0.0327. The van der Waals surface area contributed by atoms with E-state index < -0.39 is 5.51 Å². The fraction of sp³-hybridized carbons (Fsp3) is 0.167. The van der Waals surface area contributed by atoms with Crippen LogP contribution < -0.4 is 5.32 Å². The fourth-order valence-electron chi connectivity index (χ4n) is 1.44. The number of benzene rings is 1. The Kier molecular flexibility index (Phi) is 4.26. The zero-order chi connectivity index (χ0) is 13.7. The van der Waals surface area contributed by atoms with E-state index in [9.17, 15) is 13.2 Å². The van der Waals surface area contributed by atoms with Gasteiger partial charge in [0.15, 0.2) is 0 Å². The molecule has 0 radical (unpaired) electrons. The summed E-state index contributed by atoms with van der Waals surface area (Å²) in [5.41, 5.74) is -3.06. The Hall–Kier alpha value is -1.76. The molecule has 0 saturated carbocycles. The lowest BCUT2D eigenvalue weighted by Gasteiger charge is -2.12. The molecule has 1 aromatic carbocycles. The number of nitrogens with zero attached hydrogens (tertiary/aromatic N) is 2. The van der Waals surface area contributed by atoms with E-state index >= 15 is 0 Å². The van der Waals surface area contributed by atoms with Gasteiger partial charge in [-0.05, 0) is 23.9 Å². The second-order valence-corrected chi connectivity index (χ2v) is 4.75. The molecule has 0 atom stereocenters. The standard InChI is InChI=1S/C12H10F3N3S/c13-12(14,15)19-11-4-2-1-3-10(11)18-7-9-5-16-8-17-6-9/h1-6,8,18H,7H2. The molecule has 0 aliphatic carbocycles. The predicted octanol–water partition coefficient (Wildman–Crippen LogP) is 3.70. The van der Waals surface area contributed by atoms with E-state index in [1.807, 2.05) is 0 Å². The topological polar surface area (TPSA) is 37.8 Å². The fourth-order valence-corrected chi connectivity index (χ4v) is 2.09. The van der Waals surface area contributed by atoms with Crippen molar-refractivity contribution >= 4 is 17.4 Å². The Morgan fingerprint density at radius 3 is 2.47 bits per heavy atom. The van der Waals surface area contributed by atoms with E-state index in [1.54, 1.807) is 30.6 Å². The van der Waals surface area contributed by atoms with Crippen LogP contribution >= 0.6 is 11.8 Å². The van der Waals surface area contributed by atoms with Gasteiger partial charge in [-0.2, -0.15) is 13.2 Å². The van der Waals surface area contributed by atoms with Crippen LogP contribution in [-0.2, 0) is 6.54 Å². The molecule has 0 saturated heterocycles. The van der Waals surface area contributed by atoms with Crippen LogP contribution in [0.3, 0.4) is 0 Å². The highest BCUT2D eigenvalue weighted by Gasteiger charge is 2.30. The Morgan fingerprint density at radius 1 is 1.11 bits per heavy atom. The summed E-state index contributed by atoms with van der Waals surface area (Å²) in [5, 5.41) is 2.95. The summed E-state index contributed by atoms with van der Waals surface area (Å²) < 4.78 is 37.2. The molecule has 0 spiro atoms. The van der Waals surface area contributed by atoms with E-state index in [0.717, 1.165) is 5.56 Å². The SMILES string of the molecule is FC(F)(F)Sc1ccccc1NCc1cncnc1. The molecule has 7 heteroatoms. The van der Waals surface area contributed by atoms with Crippen molar-refractivity contribution in [2.45, 2.75) is 16.9 Å². The smallest absolute Gasteiger partial charge is 0.380 e. The molecule has 100 valence electrons. The van der Waals surface area contributed by atoms with Gasteiger partial charge in [0.25, 0.3) is 0 Å². The first-order valence-corrected chi connectivity index (χ1v) is 6.19. The molecule has 2 aromatic rings. The largest absolute Gasteiger partial charge is 0.446 e. The molecule has 0 unspecified atom stereocenters. The zero-order valence-corrected chi connectivity index (χ0v) is 10.5. The predicted molar refractivity (Wildman–Crippen MR) is 67.7 cm³/mol. The minimum Gasteiger partial charge on any atom is -0.380 e. The van der Waals surface area contributed by atoms with Crippen molar-refractivity contribution in [1.82, 2.24) is 9.97 Å². The Bertz CT molecular complexity index is 531. The molecular formula is C12H10F3N3S. The molecule has 0 aliphatic rings. The first-order valence-electron chi connectivity index (χ1n) is 5.37. The van der Waals surface area contributed by atoms with Crippen molar-refractivity contribution < 1.29 is 13.2 Å². The van der Waals surface area contributed by atoms with E-state index in [2.05, 4.69) is 15.3 Å². The Labute approximate surface area is 112 Å². The van der Waals surface area contributed by atoms with Crippen molar-refractivity contribution in [1.29, 1.82) is 0 Å². The first kappa shape index (κ1) is 13.7. The zero-order valence-electron chi connectivity index (χ0n) is 9.69. The van der Waals surface area contributed by atoms with Crippen molar-refractivity contribution in [3.8, 4) is 0 Å². The van der Waals surface area contributed by atoms with Gasteiger partial charge in [-0.1, -0.05) is 12.1 Å². The number of hydrogen-bond donors (Lipinski definition) is 1. The summed E-state index contributed by atoms with van der Waals surface area (Å²) in [5.74, 6) is 0. The minimum absolute atomic E-state index is 0.131. The number of anilines is 1. The molecule has 0 amide bonds. The molecule has 3 nitrogen and oxygen atoms in total. The Balaban J connectivity index is 2.08. The maximum atomic E-state index is 12.4. The van der Waals surface area contributed by atoms with E-state index in [0.29, 0.717) is 12.2 Å². The number of thioether (sulfide) groups is 1. The van der Waals surface area contributed by atoms with Gasteiger partial charge in [0.1, 0.15) is 6.33 Å². The van der Waals surface area contributed by atoms with Crippen LogP contribution in [0.15, 0.2) is 47.9 Å². The lowest BCUT2D eigenvalue weighted by Crippen LogP contribution is -2.04. The summed E-state index contributed by atoms with van der Waals surface area (Å²) in [4.78, 5) is 7.83.